The van der Waals surface area contributed by atoms with Crippen LogP contribution in [0.2, 0.25) is 10.0 Å². The normalized spacial score (nSPS) is 10.9. The Kier molecular flexibility index (Phi) is 5.59. The third-order valence-electron chi connectivity index (χ3n) is 3.55. The van der Waals surface area contributed by atoms with Crippen LogP contribution in [0.1, 0.15) is 26.5 Å². The quantitative estimate of drug-likeness (QED) is 0.477. The summed E-state index contributed by atoms with van der Waals surface area (Å²) in [6.07, 6.45) is 1.32. The number of rotatable bonds is 5. The molecule has 136 valence electrons. The van der Waals surface area contributed by atoms with E-state index in [9.17, 15) is 9.59 Å². The van der Waals surface area contributed by atoms with Gasteiger partial charge in [0, 0.05) is 16.1 Å². The van der Waals surface area contributed by atoms with Crippen LogP contribution in [0.15, 0.2) is 64.1 Å². The number of hydrazone groups is 1. The lowest BCUT2D eigenvalue weighted by Crippen LogP contribution is -2.17. The first-order chi connectivity index (χ1) is 12.9. The number of aromatic carboxylic acids is 1. The number of amides is 1. The summed E-state index contributed by atoms with van der Waals surface area (Å²) in [4.78, 5) is 23.1. The van der Waals surface area contributed by atoms with Gasteiger partial charge in [0.15, 0.2) is 0 Å². The maximum atomic E-state index is 12.0. The second kappa shape index (κ2) is 8.07. The molecule has 0 saturated carbocycles. The molecule has 0 aliphatic carbocycles. The van der Waals surface area contributed by atoms with Crippen LogP contribution in [0, 0.1) is 0 Å². The summed E-state index contributed by atoms with van der Waals surface area (Å²) < 4.78 is 5.59. The van der Waals surface area contributed by atoms with Gasteiger partial charge in [-0.1, -0.05) is 29.3 Å². The zero-order valence-electron chi connectivity index (χ0n) is 13.6. The first kappa shape index (κ1) is 18.7. The van der Waals surface area contributed by atoms with E-state index in [-0.39, 0.29) is 5.56 Å². The Labute approximate surface area is 164 Å². The number of carbonyl (C=O) groups excluding carboxylic acids is 1. The second-order valence-electron chi connectivity index (χ2n) is 5.41. The lowest BCUT2D eigenvalue weighted by atomic mass is 10.1. The molecular weight excluding hydrogens is 391 g/mol. The maximum Gasteiger partial charge on any atom is 0.335 e. The first-order valence-electron chi connectivity index (χ1n) is 7.66. The van der Waals surface area contributed by atoms with Crippen LogP contribution >= 0.6 is 23.2 Å². The highest BCUT2D eigenvalue weighted by Gasteiger charge is 2.12. The largest absolute Gasteiger partial charge is 0.478 e. The van der Waals surface area contributed by atoms with E-state index in [0.29, 0.717) is 32.7 Å². The maximum absolute atomic E-state index is 12.0. The fraction of sp³-hybridized carbons (Fsp3) is 0. The Balaban J connectivity index is 1.73. The fourth-order valence-corrected chi connectivity index (χ4v) is 2.66. The third-order valence-corrected chi connectivity index (χ3v) is 4.11. The minimum Gasteiger partial charge on any atom is -0.478 e. The number of carboxylic acids is 1. The number of hydrogen-bond donors (Lipinski definition) is 2. The number of halogens is 2. The summed E-state index contributed by atoms with van der Waals surface area (Å²) in [5.41, 5.74) is 3.28. The summed E-state index contributed by atoms with van der Waals surface area (Å²) in [5, 5.41) is 13.7. The van der Waals surface area contributed by atoms with Gasteiger partial charge < -0.3 is 9.52 Å². The van der Waals surface area contributed by atoms with E-state index < -0.39 is 11.9 Å². The molecular formula is C19H12Cl2N2O4. The van der Waals surface area contributed by atoms with Crippen LogP contribution in [0.3, 0.4) is 0 Å². The molecule has 3 rings (SSSR count). The fourth-order valence-electron chi connectivity index (χ4n) is 2.26. The van der Waals surface area contributed by atoms with Gasteiger partial charge >= 0.3 is 5.97 Å². The Morgan fingerprint density at radius 1 is 1.04 bits per heavy atom. The zero-order chi connectivity index (χ0) is 19.4. The van der Waals surface area contributed by atoms with Crippen molar-refractivity contribution in [2.45, 2.75) is 0 Å². The van der Waals surface area contributed by atoms with Crippen LogP contribution in [-0.2, 0) is 0 Å². The van der Waals surface area contributed by atoms with Crippen LogP contribution < -0.4 is 5.43 Å². The molecule has 0 fully saturated rings. The van der Waals surface area contributed by atoms with Crippen molar-refractivity contribution in [2.75, 3.05) is 0 Å². The van der Waals surface area contributed by atoms with Crippen LogP contribution in [0.5, 0.6) is 0 Å². The van der Waals surface area contributed by atoms with Crippen LogP contribution in [-0.4, -0.2) is 23.2 Å². The Bertz CT molecular complexity index is 1040. The molecule has 0 unspecified atom stereocenters. The Morgan fingerprint density at radius 3 is 2.59 bits per heavy atom. The molecule has 2 N–H and O–H groups in total. The second-order valence-corrected chi connectivity index (χ2v) is 6.25. The van der Waals surface area contributed by atoms with Gasteiger partial charge in [0.2, 0.25) is 0 Å². The molecule has 0 atom stereocenters. The van der Waals surface area contributed by atoms with Crippen LogP contribution in [0.4, 0.5) is 0 Å². The highest BCUT2D eigenvalue weighted by Crippen LogP contribution is 2.30. The third kappa shape index (κ3) is 4.55. The van der Waals surface area contributed by atoms with E-state index in [1.807, 2.05) is 0 Å². The van der Waals surface area contributed by atoms with Gasteiger partial charge in [-0.15, -0.1) is 0 Å². The predicted molar refractivity (Wildman–Crippen MR) is 103 cm³/mol. The van der Waals surface area contributed by atoms with Crippen molar-refractivity contribution < 1.29 is 19.1 Å². The van der Waals surface area contributed by atoms with Crippen molar-refractivity contribution >= 4 is 41.3 Å². The minimum absolute atomic E-state index is 0.0924. The standard InChI is InChI=1S/C19H12Cl2N2O4/c20-13-3-1-2-11(8-13)18(24)23-22-10-14-5-7-17(27-14)15-9-12(19(25)26)4-6-16(15)21/h1-10H,(H,23,24)(H,25,26). The molecule has 0 saturated heterocycles. The van der Waals surface area contributed by atoms with Crippen molar-refractivity contribution in [3.8, 4) is 11.3 Å². The van der Waals surface area contributed by atoms with E-state index in [0.717, 1.165) is 0 Å². The summed E-state index contributed by atoms with van der Waals surface area (Å²) >= 11 is 12.0. The summed E-state index contributed by atoms with van der Waals surface area (Å²) in [7, 11) is 0. The molecule has 0 bridgehead atoms. The molecule has 0 spiro atoms. The Morgan fingerprint density at radius 2 is 1.85 bits per heavy atom. The van der Waals surface area contributed by atoms with Gasteiger partial charge in [-0.3, -0.25) is 4.79 Å². The molecule has 8 heteroatoms. The van der Waals surface area contributed by atoms with Gasteiger partial charge in [0.05, 0.1) is 16.8 Å². The molecule has 3 aromatic rings. The van der Waals surface area contributed by atoms with E-state index in [1.165, 1.54) is 30.5 Å². The van der Waals surface area contributed by atoms with Crippen molar-refractivity contribution in [3.63, 3.8) is 0 Å². The van der Waals surface area contributed by atoms with Gasteiger partial charge in [0.1, 0.15) is 11.5 Å². The molecule has 1 amide bonds. The minimum atomic E-state index is -1.06. The molecule has 6 nitrogen and oxygen atoms in total. The molecule has 1 aromatic heterocycles. The number of carbonyl (C=O) groups is 2. The molecule has 0 aliphatic rings. The molecule has 0 radical (unpaired) electrons. The Hall–Kier alpha value is -3.09. The molecule has 0 aliphatic heterocycles. The number of carboxylic acid groups (broad SMARTS) is 1. The highest BCUT2D eigenvalue weighted by atomic mass is 35.5. The van der Waals surface area contributed by atoms with Gasteiger partial charge in [-0.2, -0.15) is 5.10 Å². The smallest absolute Gasteiger partial charge is 0.335 e. The lowest BCUT2D eigenvalue weighted by Gasteiger charge is -2.02. The van der Waals surface area contributed by atoms with Crippen molar-refractivity contribution in [1.82, 2.24) is 5.43 Å². The number of benzene rings is 2. The van der Waals surface area contributed by atoms with Gasteiger partial charge in [-0.05, 0) is 48.5 Å². The number of furan rings is 1. The van der Waals surface area contributed by atoms with Gasteiger partial charge in [0.25, 0.3) is 5.91 Å². The van der Waals surface area contributed by atoms with E-state index in [1.54, 1.807) is 30.3 Å². The molecule has 1 heterocycles. The van der Waals surface area contributed by atoms with Crippen molar-refractivity contribution in [1.29, 1.82) is 0 Å². The average Bonchev–Trinajstić information content (AvgIpc) is 3.10. The topological polar surface area (TPSA) is 91.9 Å². The van der Waals surface area contributed by atoms with E-state index in [4.69, 9.17) is 32.7 Å². The molecule has 2 aromatic carbocycles. The monoisotopic (exact) mass is 402 g/mol. The van der Waals surface area contributed by atoms with Gasteiger partial charge in [-0.25, -0.2) is 10.2 Å². The number of hydrogen-bond acceptors (Lipinski definition) is 4. The highest BCUT2D eigenvalue weighted by molar-refractivity contribution is 6.33. The number of nitrogens with zero attached hydrogens (tertiary/aromatic N) is 1. The summed E-state index contributed by atoms with van der Waals surface area (Å²) in [6, 6.07) is 14.0. The van der Waals surface area contributed by atoms with Crippen molar-refractivity contribution in [3.05, 3.63) is 81.5 Å². The first-order valence-corrected chi connectivity index (χ1v) is 8.41. The van der Waals surface area contributed by atoms with E-state index in [2.05, 4.69) is 10.5 Å². The zero-order valence-corrected chi connectivity index (χ0v) is 15.2. The SMILES string of the molecule is O=C(O)c1ccc(Cl)c(-c2ccc(C=NNC(=O)c3cccc(Cl)c3)o2)c1. The summed E-state index contributed by atoms with van der Waals surface area (Å²) in [5.74, 6) is -0.748. The predicted octanol–water partition coefficient (Wildman–Crippen LogP) is 4.72. The van der Waals surface area contributed by atoms with Crippen LogP contribution in [0.25, 0.3) is 11.3 Å². The summed E-state index contributed by atoms with van der Waals surface area (Å²) in [6.45, 7) is 0. The van der Waals surface area contributed by atoms with E-state index >= 15 is 0 Å². The molecule has 27 heavy (non-hydrogen) atoms. The lowest BCUT2D eigenvalue weighted by molar-refractivity contribution is 0.0696. The number of nitrogens with one attached hydrogen (secondary N) is 1. The average molecular weight is 403 g/mol. The van der Waals surface area contributed by atoms with Crippen molar-refractivity contribution in [2.24, 2.45) is 5.10 Å².